The minimum Gasteiger partial charge on any atom is -0.495 e. The highest BCUT2D eigenvalue weighted by Crippen LogP contribution is 2.33. The van der Waals surface area contributed by atoms with E-state index in [9.17, 15) is 18.0 Å². The molecule has 0 saturated carbocycles. The fourth-order valence-electron chi connectivity index (χ4n) is 4.39. The van der Waals surface area contributed by atoms with Gasteiger partial charge in [-0.2, -0.15) is 18.2 Å². The van der Waals surface area contributed by atoms with Crippen LogP contribution in [0, 0.1) is 0 Å². The number of nitrogens with zero attached hydrogens (tertiary/aromatic N) is 4. The molecule has 0 spiro atoms. The van der Waals surface area contributed by atoms with E-state index in [1.807, 2.05) is 30.3 Å². The maximum absolute atomic E-state index is 13.9. The van der Waals surface area contributed by atoms with Crippen LogP contribution in [-0.4, -0.2) is 31.8 Å². The summed E-state index contributed by atoms with van der Waals surface area (Å²) in [5.74, 6) is 0.747. The maximum Gasteiger partial charge on any atom is 0.416 e. The van der Waals surface area contributed by atoms with Crippen molar-refractivity contribution in [2.24, 2.45) is 0 Å². The monoisotopic (exact) mass is 575 g/mol. The van der Waals surface area contributed by atoms with Gasteiger partial charge in [0.1, 0.15) is 16.8 Å². The lowest BCUT2D eigenvalue weighted by atomic mass is 10.1. The van der Waals surface area contributed by atoms with Crippen molar-refractivity contribution in [1.82, 2.24) is 24.7 Å². The summed E-state index contributed by atoms with van der Waals surface area (Å²) in [5, 5.41) is 4.20. The van der Waals surface area contributed by atoms with E-state index in [-0.39, 0.29) is 28.6 Å². The van der Waals surface area contributed by atoms with Crippen LogP contribution in [0.2, 0.25) is 0 Å². The molecule has 3 heterocycles. The van der Waals surface area contributed by atoms with Crippen LogP contribution in [0.1, 0.15) is 11.5 Å². The topological polar surface area (TPSA) is 98.8 Å². The Labute approximate surface area is 234 Å². The number of para-hydroxylation sites is 2. The molecule has 6 aromatic rings. The lowest BCUT2D eigenvalue weighted by molar-refractivity contribution is -0.137. The molecule has 0 fully saturated rings. The number of nitrogens with one attached hydrogen (secondary N) is 1. The SMILES string of the molecule is COc1ccccc1-n1c(SCc2nc(-c3cccc(C(F)(F)F)c3)no2)nc2c(-c3ccccc3)c[nH]c2c1=O. The average Bonchev–Trinajstić information content (AvgIpc) is 3.64. The molecule has 0 aliphatic rings. The number of ether oxygens (including phenoxy) is 1. The number of benzene rings is 3. The zero-order valence-electron chi connectivity index (χ0n) is 21.3. The molecule has 12 heteroatoms. The predicted octanol–water partition coefficient (Wildman–Crippen LogP) is 6.75. The largest absolute Gasteiger partial charge is 0.495 e. The van der Waals surface area contributed by atoms with Gasteiger partial charge in [0.05, 0.1) is 24.1 Å². The van der Waals surface area contributed by atoms with Gasteiger partial charge in [0.25, 0.3) is 5.56 Å². The second-order valence-electron chi connectivity index (χ2n) is 8.88. The summed E-state index contributed by atoms with van der Waals surface area (Å²) in [6, 6.07) is 21.3. The summed E-state index contributed by atoms with van der Waals surface area (Å²) in [6.07, 6.45) is -2.75. The molecule has 3 aromatic carbocycles. The van der Waals surface area contributed by atoms with Gasteiger partial charge in [-0.05, 0) is 29.8 Å². The van der Waals surface area contributed by atoms with E-state index >= 15 is 0 Å². The van der Waals surface area contributed by atoms with Crippen molar-refractivity contribution in [2.45, 2.75) is 17.1 Å². The Morgan fingerprint density at radius 3 is 2.51 bits per heavy atom. The summed E-state index contributed by atoms with van der Waals surface area (Å²) < 4.78 is 51.8. The molecular formula is C29H20F3N5O3S. The Kier molecular flexibility index (Phi) is 6.83. The normalized spacial score (nSPS) is 11.7. The molecule has 0 atom stereocenters. The highest BCUT2D eigenvalue weighted by Gasteiger charge is 2.31. The van der Waals surface area contributed by atoms with E-state index < -0.39 is 11.7 Å². The number of halogens is 3. The number of fused-ring (bicyclic) bond motifs is 1. The Balaban J connectivity index is 1.41. The molecule has 1 N–H and O–H groups in total. The Morgan fingerprint density at radius 1 is 0.976 bits per heavy atom. The van der Waals surface area contributed by atoms with Gasteiger partial charge in [0, 0.05) is 17.3 Å². The summed E-state index contributed by atoms with van der Waals surface area (Å²) in [5.41, 5.74) is 1.98. The second kappa shape index (κ2) is 10.6. The number of rotatable bonds is 7. The van der Waals surface area contributed by atoms with Crippen LogP contribution < -0.4 is 10.3 Å². The van der Waals surface area contributed by atoms with Gasteiger partial charge in [0.2, 0.25) is 11.7 Å². The van der Waals surface area contributed by atoms with Crippen molar-refractivity contribution in [3.05, 3.63) is 107 Å². The highest BCUT2D eigenvalue weighted by atomic mass is 32.2. The van der Waals surface area contributed by atoms with E-state index in [1.165, 1.54) is 35.6 Å². The Bertz CT molecular complexity index is 1920. The number of aromatic nitrogens is 5. The molecule has 6 rings (SSSR count). The van der Waals surface area contributed by atoms with Gasteiger partial charge in [-0.3, -0.25) is 4.79 Å². The van der Waals surface area contributed by atoms with E-state index in [4.69, 9.17) is 14.2 Å². The molecular weight excluding hydrogens is 555 g/mol. The van der Waals surface area contributed by atoms with Crippen molar-refractivity contribution in [2.75, 3.05) is 7.11 Å². The minimum atomic E-state index is -4.50. The van der Waals surface area contributed by atoms with E-state index in [1.54, 1.807) is 30.5 Å². The Morgan fingerprint density at radius 2 is 1.73 bits per heavy atom. The second-order valence-corrected chi connectivity index (χ2v) is 9.82. The van der Waals surface area contributed by atoms with Crippen LogP contribution in [-0.2, 0) is 11.9 Å². The van der Waals surface area contributed by atoms with E-state index in [2.05, 4.69) is 15.1 Å². The minimum absolute atomic E-state index is 0.0224. The number of methoxy groups -OCH3 is 1. The number of H-pyrrole nitrogens is 1. The number of alkyl halides is 3. The number of aromatic amines is 1. The van der Waals surface area contributed by atoms with Gasteiger partial charge in [-0.15, -0.1) is 0 Å². The molecule has 206 valence electrons. The molecule has 8 nitrogen and oxygen atoms in total. The molecule has 3 aromatic heterocycles. The fourth-order valence-corrected chi connectivity index (χ4v) is 5.23. The molecule has 0 aliphatic heterocycles. The lowest BCUT2D eigenvalue weighted by Gasteiger charge is -2.14. The average molecular weight is 576 g/mol. The van der Waals surface area contributed by atoms with E-state index in [0.29, 0.717) is 27.6 Å². The molecule has 0 radical (unpaired) electrons. The first kappa shape index (κ1) is 26.4. The molecule has 0 bridgehead atoms. The van der Waals surface area contributed by atoms with Gasteiger partial charge < -0.3 is 14.2 Å². The van der Waals surface area contributed by atoms with Gasteiger partial charge >= 0.3 is 6.18 Å². The van der Waals surface area contributed by atoms with E-state index in [0.717, 1.165) is 23.3 Å². The highest BCUT2D eigenvalue weighted by molar-refractivity contribution is 7.98. The standard InChI is InChI=1S/C29H20F3N5O3S/c1-39-22-13-6-5-12-21(22)37-27(38)25-24(20(15-33-25)17-8-3-2-4-9-17)35-28(37)41-16-23-34-26(36-40-23)18-10-7-11-19(14-18)29(30,31)32/h2-15,33H,16H2,1H3. The third-order valence-electron chi connectivity index (χ3n) is 6.32. The molecule has 0 saturated heterocycles. The molecule has 0 aliphatic carbocycles. The Hall–Kier alpha value is -4.84. The first-order chi connectivity index (χ1) is 19.8. The summed E-state index contributed by atoms with van der Waals surface area (Å²) >= 11 is 1.17. The van der Waals surface area contributed by atoms with Crippen molar-refractivity contribution in [3.63, 3.8) is 0 Å². The summed E-state index contributed by atoms with van der Waals surface area (Å²) in [7, 11) is 1.51. The van der Waals surface area contributed by atoms with Crippen LogP contribution in [0.4, 0.5) is 13.2 Å². The predicted molar refractivity (Wildman–Crippen MR) is 148 cm³/mol. The van der Waals surface area contributed by atoms with Crippen molar-refractivity contribution < 1.29 is 22.4 Å². The number of hydrogen-bond donors (Lipinski definition) is 1. The number of hydrogen-bond acceptors (Lipinski definition) is 7. The molecule has 0 unspecified atom stereocenters. The zero-order chi connectivity index (χ0) is 28.6. The smallest absolute Gasteiger partial charge is 0.416 e. The van der Waals surface area contributed by atoms with Crippen molar-refractivity contribution in [1.29, 1.82) is 0 Å². The van der Waals surface area contributed by atoms with Crippen LogP contribution in [0.5, 0.6) is 5.75 Å². The first-order valence-corrected chi connectivity index (χ1v) is 13.3. The van der Waals surface area contributed by atoms with Crippen molar-refractivity contribution >= 4 is 22.8 Å². The molecule has 0 amide bonds. The zero-order valence-corrected chi connectivity index (χ0v) is 22.2. The maximum atomic E-state index is 13.9. The quantitative estimate of drug-likeness (QED) is 0.166. The van der Waals surface area contributed by atoms with Crippen LogP contribution >= 0.6 is 11.8 Å². The fraction of sp³-hybridized carbons (Fsp3) is 0.103. The third-order valence-corrected chi connectivity index (χ3v) is 7.24. The van der Waals surface area contributed by atoms with Gasteiger partial charge in [0.15, 0.2) is 5.16 Å². The summed E-state index contributed by atoms with van der Waals surface area (Å²) in [4.78, 5) is 26.1. The van der Waals surface area contributed by atoms with Crippen LogP contribution in [0.25, 0.3) is 39.2 Å². The van der Waals surface area contributed by atoms with Gasteiger partial charge in [-0.1, -0.05) is 71.5 Å². The number of thioether (sulfide) groups is 1. The summed E-state index contributed by atoms with van der Waals surface area (Å²) in [6.45, 7) is 0. The van der Waals surface area contributed by atoms with Crippen LogP contribution in [0.3, 0.4) is 0 Å². The van der Waals surface area contributed by atoms with Crippen molar-refractivity contribution in [3.8, 4) is 34.0 Å². The third kappa shape index (κ3) is 5.09. The van der Waals surface area contributed by atoms with Crippen LogP contribution in [0.15, 0.2) is 99.5 Å². The lowest BCUT2D eigenvalue weighted by Crippen LogP contribution is -2.22. The molecule has 41 heavy (non-hydrogen) atoms. The first-order valence-electron chi connectivity index (χ1n) is 12.3. The van der Waals surface area contributed by atoms with Gasteiger partial charge in [-0.25, -0.2) is 9.55 Å².